The summed E-state index contributed by atoms with van der Waals surface area (Å²) in [6.07, 6.45) is 0. The van der Waals surface area contributed by atoms with E-state index >= 15 is 0 Å². The molecule has 1 aliphatic heterocycles. The minimum Gasteiger partial charge on any atom is -0.456 e. The lowest BCUT2D eigenvalue weighted by Gasteiger charge is -2.12. The number of hydrogen-bond acceptors (Lipinski definition) is 4. The van der Waals surface area contributed by atoms with Gasteiger partial charge in [0, 0.05) is 59.1 Å². The summed E-state index contributed by atoms with van der Waals surface area (Å²) >= 11 is 1.75. The minimum atomic E-state index is 0.645. The summed E-state index contributed by atoms with van der Waals surface area (Å²) in [5.74, 6) is 0.645. The van der Waals surface area contributed by atoms with Gasteiger partial charge in [-0.2, -0.15) is 0 Å². The Morgan fingerprint density at radius 3 is 1.98 bits per heavy atom. The van der Waals surface area contributed by atoms with Crippen molar-refractivity contribution in [3.8, 4) is 45.1 Å². The van der Waals surface area contributed by atoms with Crippen LogP contribution in [0.15, 0.2) is 174 Å². The van der Waals surface area contributed by atoms with Gasteiger partial charge in [0.2, 0.25) is 5.95 Å². The lowest BCUT2D eigenvalue weighted by atomic mass is 9.94. The van der Waals surface area contributed by atoms with Crippen LogP contribution in [0.1, 0.15) is 0 Å². The zero-order valence-corrected chi connectivity index (χ0v) is 31.6. The van der Waals surface area contributed by atoms with E-state index in [-0.39, 0.29) is 0 Å². The van der Waals surface area contributed by atoms with Crippen molar-refractivity contribution in [3.63, 3.8) is 0 Å². The smallest absolute Gasteiger partial charge is 0.235 e. The molecule has 0 saturated heterocycles. The van der Waals surface area contributed by atoms with Crippen molar-refractivity contribution in [2.24, 2.45) is 0 Å². The lowest BCUT2D eigenvalue weighted by Crippen LogP contribution is -2.02. The van der Waals surface area contributed by atoms with Crippen molar-refractivity contribution in [1.82, 2.24) is 19.1 Å². The fourth-order valence-electron chi connectivity index (χ4n) is 9.81. The number of fused-ring (bicyclic) bond motifs is 17. The predicted molar refractivity (Wildman–Crippen MR) is 241 cm³/mol. The first kappa shape index (κ1) is 30.7. The first-order valence-corrected chi connectivity index (χ1v) is 20.4. The molecule has 5 nitrogen and oxygen atoms in total. The summed E-state index contributed by atoms with van der Waals surface area (Å²) in [6.45, 7) is 0. The van der Waals surface area contributed by atoms with Crippen molar-refractivity contribution < 1.29 is 4.42 Å². The Bertz CT molecular complexity index is 3940. The van der Waals surface area contributed by atoms with Crippen LogP contribution in [0.3, 0.4) is 0 Å². The highest BCUT2D eigenvalue weighted by molar-refractivity contribution is 7.26. The number of aromatic nitrogens is 4. The van der Waals surface area contributed by atoms with Crippen LogP contribution in [0.25, 0.3) is 131 Å². The highest BCUT2D eigenvalue weighted by Gasteiger charge is 2.26. The standard InChI is InChI=1S/C52H28N4OS/c1-2-13-31-30(12-1)32-14-3-7-20-41(32)55-43-27-39-33-15-4-8-21-42(33)56(44(39)28-40(43)37-19-11-18-36(31)50(37)55)52-53-48(51-49(54-52)38-17-6-10-23-47(38)58-51)29-24-25-35-34-16-5-9-22-45(34)57-46(35)26-29/h1-28H. The minimum absolute atomic E-state index is 0.645. The molecule has 8 aromatic carbocycles. The van der Waals surface area contributed by atoms with Crippen molar-refractivity contribution in [2.75, 3.05) is 0 Å². The van der Waals surface area contributed by atoms with E-state index in [2.05, 4.69) is 167 Å². The van der Waals surface area contributed by atoms with Gasteiger partial charge in [-0.15, -0.1) is 11.3 Å². The van der Waals surface area contributed by atoms with Crippen molar-refractivity contribution in [2.45, 2.75) is 0 Å². The molecule has 0 aliphatic carbocycles. The van der Waals surface area contributed by atoms with Crippen LogP contribution in [0, 0.1) is 0 Å². The fraction of sp³-hybridized carbons (Fsp3) is 0. The van der Waals surface area contributed by atoms with Gasteiger partial charge in [-0.05, 0) is 59.7 Å². The van der Waals surface area contributed by atoms with Gasteiger partial charge in [0.1, 0.15) is 11.2 Å². The topological polar surface area (TPSA) is 48.8 Å². The average molecular weight is 757 g/mol. The number of rotatable bonds is 2. The predicted octanol–water partition coefficient (Wildman–Crippen LogP) is 14.3. The Labute approximate surface area is 334 Å². The molecule has 1 aliphatic rings. The molecule has 58 heavy (non-hydrogen) atoms. The first-order valence-electron chi connectivity index (χ1n) is 19.6. The summed E-state index contributed by atoms with van der Waals surface area (Å²) in [7, 11) is 0. The van der Waals surface area contributed by atoms with Gasteiger partial charge in [-0.1, -0.05) is 121 Å². The van der Waals surface area contributed by atoms with Crippen LogP contribution in [0.5, 0.6) is 0 Å². The monoisotopic (exact) mass is 756 g/mol. The van der Waals surface area contributed by atoms with E-state index in [4.69, 9.17) is 14.4 Å². The maximum absolute atomic E-state index is 6.41. The molecule has 0 saturated carbocycles. The molecule has 0 N–H and O–H groups in total. The average Bonchev–Trinajstić information content (AvgIpc) is 4.00. The molecule has 0 amide bonds. The SMILES string of the molecule is c1ccc2c(c1)-c1ccccc1-n1c3cc4c5ccccc5n(-c5nc(-c6ccc7c(c6)oc6ccccc67)c6sc7ccccc7c6n5)c4cc3c3cccc-2c31. The zero-order chi connectivity index (χ0) is 37.6. The largest absolute Gasteiger partial charge is 0.456 e. The van der Waals surface area contributed by atoms with Crippen LogP contribution >= 0.6 is 11.3 Å². The maximum atomic E-state index is 6.41. The Kier molecular flexibility index (Phi) is 5.85. The zero-order valence-electron chi connectivity index (χ0n) is 30.8. The van der Waals surface area contributed by atoms with Crippen LogP contribution in [0.4, 0.5) is 0 Å². The number of para-hydroxylation sites is 4. The highest BCUT2D eigenvalue weighted by Crippen LogP contribution is 2.48. The second-order valence-corrected chi connectivity index (χ2v) is 16.3. The van der Waals surface area contributed by atoms with E-state index in [0.29, 0.717) is 5.95 Å². The summed E-state index contributed by atoms with van der Waals surface area (Å²) in [5.41, 5.74) is 15.3. The summed E-state index contributed by atoms with van der Waals surface area (Å²) in [5, 5.41) is 8.07. The maximum Gasteiger partial charge on any atom is 0.235 e. The number of thiophene rings is 1. The van der Waals surface area contributed by atoms with E-state index < -0.39 is 0 Å². The van der Waals surface area contributed by atoms with E-state index in [9.17, 15) is 0 Å². The molecule has 0 unspecified atom stereocenters. The van der Waals surface area contributed by atoms with Gasteiger partial charge < -0.3 is 8.98 Å². The second kappa shape index (κ2) is 11.1. The summed E-state index contributed by atoms with van der Waals surface area (Å²) in [6, 6.07) is 61.1. The molecule has 13 aromatic rings. The molecule has 268 valence electrons. The first-order chi connectivity index (χ1) is 28.8. The molecular weight excluding hydrogens is 729 g/mol. The van der Waals surface area contributed by atoms with Crippen molar-refractivity contribution >= 4 is 97.2 Å². The number of nitrogens with zero attached hydrogens (tertiary/aromatic N) is 4. The van der Waals surface area contributed by atoms with E-state index in [0.717, 1.165) is 70.6 Å². The molecule has 6 heterocycles. The third-order valence-corrected chi connectivity index (χ3v) is 13.5. The third kappa shape index (κ3) is 3.94. The van der Waals surface area contributed by atoms with Gasteiger partial charge in [0.05, 0.1) is 43.7 Å². The number of furan rings is 1. The van der Waals surface area contributed by atoms with Crippen LogP contribution in [-0.4, -0.2) is 19.1 Å². The third-order valence-electron chi connectivity index (χ3n) is 12.3. The van der Waals surface area contributed by atoms with Crippen molar-refractivity contribution in [1.29, 1.82) is 0 Å². The quantitative estimate of drug-likeness (QED) is 0.176. The molecule has 5 aromatic heterocycles. The lowest BCUT2D eigenvalue weighted by molar-refractivity contribution is 0.669. The van der Waals surface area contributed by atoms with Gasteiger partial charge in [-0.3, -0.25) is 4.57 Å². The summed E-state index contributed by atoms with van der Waals surface area (Å²) in [4.78, 5) is 11.0. The number of benzene rings is 8. The molecule has 0 fully saturated rings. The van der Waals surface area contributed by atoms with Crippen LogP contribution in [-0.2, 0) is 0 Å². The van der Waals surface area contributed by atoms with Gasteiger partial charge in [0.25, 0.3) is 0 Å². The molecule has 0 radical (unpaired) electrons. The molecule has 6 heteroatoms. The molecule has 14 rings (SSSR count). The summed E-state index contributed by atoms with van der Waals surface area (Å²) < 4.78 is 13.4. The molecule has 0 bridgehead atoms. The van der Waals surface area contributed by atoms with E-state index in [1.54, 1.807) is 11.3 Å². The fourth-order valence-corrected chi connectivity index (χ4v) is 11.0. The van der Waals surface area contributed by atoms with Crippen LogP contribution in [0.2, 0.25) is 0 Å². The van der Waals surface area contributed by atoms with E-state index in [1.165, 1.54) is 54.4 Å². The second-order valence-electron chi connectivity index (χ2n) is 15.3. The Morgan fingerprint density at radius 1 is 0.431 bits per heavy atom. The van der Waals surface area contributed by atoms with E-state index in [1.807, 2.05) is 12.1 Å². The Hall–Kier alpha value is -7.54. The van der Waals surface area contributed by atoms with Gasteiger partial charge in [-0.25, -0.2) is 9.97 Å². The normalized spacial score (nSPS) is 12.5. The Balaban J connectivity index is 1.10. The molecular formula is C52H28N4OS. The number of hydrogen-bond donors (Lipinski definition) is 0. The van der Waals surface area contributed by atoms with Gasteiger partial charge >= 0.3 is 0 Å². The van der Waals surface area contributed by atoms with Crippen molar-refractivity contribution in [3.05, 3.63) is 170 Å². The van der Waals surface area contributed by atoms with Gasteiger partial charge in [0.15, 0.2) is 0 Å². The highest BCUT2D eigenvalue weighted by atomic mass is 32.1. The van der Waals surface area contributed by atoms with Crippen LogP contribution < -0.4 is 0 Å². The molecule has 0 spiro atoms. The Morgan fingerprint density at radius 2 is 1.09 bits per heavy atom. The molecule has 0 atom stereocenters.